The Morgan fingerprint density at radius 3 is 2.05 bits per heavy atom. The molecule has 2 saturated carbocycles. The minimum atomic E-state index is -3.44. The molecule has 2 aliphatic carbocycles. The van der Waals surface area contributed by atoms with Gasteiger partial charge in [0.1, 0.15) is 5.78 Å². The predicted octanol–water partition coefficient (Wildman–Crippen LogP) is 2.83. The van der Waals surface area contributed by atoms with Crippen LogP contribution >= 0.6 is 0 Å². The monoisotopic (exact) mass is 315 g/mol. The Hall–Kier alpha value is -0.420. The van der Waals surface area contributed by atoms with Gasteiger partial charge in [0.25, 0.3) is 0 Å². The number of sulfonamides is 1. The second-order valence-electron chi connectivity index (χ2n) is 7.94. The van der Waals surface area contributed by atoms with Crippen molar-refractivity contribution in [2.24, 2.45) is 16.7 Å². The summed E-state index contributed by atoms with van der Waals surface area (Å²) in [4.78, 5) is 12.5. The van der Waals surface area contributed by atoms with E-state index in [0.29, 0.717) is 12.3 Å². The Kier molecular flexibility index (Phi) is 4.08. The lowest BCUT2D eigenvalue weighted by molar-refractivity contribution is -0.128. The van der Waals surface area contributed by atoms with Crippen LogP contribution in [0.3, 0.4) is 0 Å². The second kappa shape index (κ2) is 5.05. The number of ketones is 1. The molecule has 0 aromatic carbocycles. The Bertz CT molecular complexity index is 528. The lowest BCUT2D eigenvalue weighted by Gasteiger charge is -2.39. The molecule has 2 bridgehead atoms. The van der Waals surface area contributed by atoms with Crippen molar-refractivity contribution in [3.8, 4) is 0 Å². The fourth-order valence-electron chi connectivity index (χ4n) is 4.73. The van der Waals surface area contributed by atoms with Crippen LogP contribution in [-0.4, -0.2) is 36.3 Å². The minimum absolute atomic E-state index is 0.0152. The molecule has 5 heteroatoms. The van der Waals surface area contributed by atoms with E-state index < -0.39 is 15.4 Å². The van der Waals surface area contributed by atoms with Crippen LogP contribution in [0.1, 0.15) is 60.8 Å². The van der Waals surface area contributed by atoms with Crippen molar-refractivity contribution in [2.75, 3.05) is 5.75 Å². The van der Waals surface area contributed by atoms with E-state index in [1.54, 1.807) is 4.31 Å². The van der Waals surface area contributed by atoms with Gasteiger partial charge in [-0.3, -0.25) is 4.79 Å². The van der Waals surface area contributed by atoms with Crippen molar-refractivity contribution < 1.29 is 13.2 Å². The first-order valence-electron chi connectivity index (χ1n) is 8.00. The van der Waals surface area contributed by atoms with Crippen LogP contribution in [0.15, 0.2) is 0 Å². The molecule has 0 heterocycles. The minimum Gasteiger partial charge on any atom is -0.299 e. The Labute approximate surface area is 129 Å². The summed E-state index contributed by atoms with van der Waals surface area (Å²) in [6, 6.07) is -0.161. The van der Waals surface area contributed by atoms with Crippen molar-refractivity contribution in [2.45, 2.75) is 72.9 Å². The number of nitrogens with zero attached hydrogens (tertiary/aromatic N) is 1. The van der Waals surface area contributed by atoms with Crippen LogP contribution in [0.2, 0.25) is 0 Å². The number of hydrogen-bond acceptors (Lipinski definition) is 3. The van der Waals surface area contributed by atoms with E-state index in [1.807, 2.05) is 27.7 Å². The van der Waals surface area contributed by atoms with E-state index in [2.05, 4.69) is 13.8 Å². The molecule has 0 unspecified atom stereocenters. The van der Waals surface area contributed by atoms with Gasteiger partial charge in [-0.2, -0.15) is 4.31 Å². The van der Waals surface area contributed by atoms with Gasteiger partial charge in [0.15, 0.2) is 0 Å². The lowest BCUT2D eigenvalue weighted by atomic mass is 9.70. The molecular formula is C16H29NO3S. The molecule has 21 heavy (non-hydrogen) atoms. The van der Waals surface area contributed by atoms with Gasteiger partial charge in [-0.25, -0.2) is 8.42 Å². The zero-order valence-electron chi connectivity index (χ0n) is 14.1. The zero-order chi connectivity index (χ0) is 16.2. The van der Waals surface area contributed by atoms with E-state index in [1.165, 1.54) is 0 Å². The van der Waals surface area contributed by atoms with Crippen molar-refractivity contribution in [3.63, 3.8) is 0 Å². The van der Waals surface area contributed by atoms with Crippen LogP contribution in [0.5, 0.6) is 0 Å². The van der Waals surface area contributed by atoms with E-state index in [4.69, 9.17) is 0 Å². The van der Waals surface area contributed by atoms with Crippen LogP contribution in [0.4, 0.5) is 0 Å². The van der Waals surface area contributed by atoms with Crippen LogP contribution in [0, 0.1) is 16.7 Å². The van der Waals surface area contributed by atoms with Crippen molar-refractivity contribution in [3.05, 3.63) is 0 Å². The Balaban J connectivity index is 2.38. The third-order valence-electron chi connectivity index (χ3n) is 5.91. The van der Waals surface area contributed by atoms with Gasteiger partial charge in [0.05, 0.1) is 5.75 Å². The smallest absolute Gasteiger partial charge is 0.215 e. The standard InChI is InChI=1S/C16H29NO3S/c1-11(2)17(12(3)4)21(19,20)10-16-8-7-13(9-14(16)18)15(16,5)6/h11-13H,7-10H2,1-6H3/t13-,16-/m0/s1. The van der Waals surface area contributed by atoms with Gasteiger partial charge in [0, 0.05) is 23.9 Å². The fraction of sp³-hybridized carbons (Fsp3) is 0.938. The number of Topliss-reactive ketones (excluding diaryl/α,β-unsaturated/α-hetero) is 1. The molecule has 0 N–H and O–H groups in total. The molecule has 122 valence electrons. The van der Waals surface area contributed by atoms with Gasteiger partial charge in [-0.15, -0.1) is 0 Å². The summed E-state index contributed by atoms with van der Waals surface area (Å²) in [6.07, 6.45) is 2.27. The topological polar surface area (TPSA) is 54.5 Å². The van der Waals surface area contributed by atoms with Gasteiger partial charge >= 0.3 is 0 Å². The average molecular weight is 315 g/mol. The summed E-state index contributed by atoms with van der Waals surface area (Å²) in [5, 5.41) is 0. The van der Waals surface area contributed by atoms with Gasteiger partial charge in [-0.05, 0) is 51.9 Å². The Morgan fingerprint density at radius 2 is 1.71 bits per heavy atom. The predicted molar refractivity (Wildman–Crippen MR) is 84.5 cm³/mol. The molecule has 2 aliphatic rings. The highest BCUT2D eigenvalue weighted by atomic mass is 32.2. The third kappa shape index (κ3) is 2.37. The van der Waals surface area contributed by atoms with Crippen molar-refractivity contribution in [1.82, 2.24) is 4.31 Å². The first-order chi connectivity index (χ1) is 9.45. The molecule has 0 aliphatic heterocycles. The normalized spacial score (nSPS) is 31.9. The summed E-state index contributed by atoms with van der Waals surface area (Å²) < 4.78 is 27.5. The van der Waals surface area contributed by atoms with Crippen LogP contribution in [0.25, 0.3) is 0 Å². The highest BCUT2D eigenvalue weighted by Crippen LogP contribution is 2.64. The molecule has 0 aromatic heterocycles. The van der Waals surface area contributed by atoms with E-state index in [9.17, 15) is 13.2 Å². The first-order valence-corrected chi connectivity index (χ1v) is 9.61. The van der Waals surface area contributed by atoms with Crippen LogP contribution < -0.4 is 0 Å². The summed E-state index contributed by atoms with van der Waals surface area (Å²) in [7, 11) is -3.44. The number of fused-ring (bicyclic) bond motifs is 2. The number of carbonyl (C=O) groups excluding carboxylic acids is 1. The van der Waals surface area contributed by atoms with E-state index >= 15 is 0 Å². The number of rotatable bonds is 5. The molecule has 2 fully saturated rings. The summed E-state index contributed by atoms with van der Waals surface area (Å²) >= 11 is 0. The highest BCUT2D eigenvalue weighted by Gasteiger charge is 2.65. The second-order valence-corrected chi connectivity index (χ2v) is 9.81. The molecular weight excluding hydrogens is 286 g/mol. The SMILES string of the molecule is CC(C)N(C(C)C)S(=O)(=O)C[C@@]12CC[C@@H](CC1=O)C2(C)C. The highest BCUT2D eigenvalue weighted by molar-refractivity contribution is 7.89. The van der Waals surface area contributed by atoms with Gasteiger partial charge in [0.2, 0.25) is 10.0 Å². The zero-order valence-corrected chi connectivity index (χ0v) is 15.0. The lowest BCUT2D eigenvalue weighted by Crippen LogP contribution is -2.50. The maximum atomic E-state index is 13.0. The molecule has 0 saturated heterocycles. The summed E-state index contributed by atoms with van der Waals surface area (Å²) in [5.41, 5.74) is -0.866. The first kappa shape index (κ1) is 16.9. The molecule has 0 amide bonds. The number of hydrogen-bond donors (Lipinski definition) is 0. The largest absolute Gasteiger partial charge is 0.299 e. The maximum Gasteiger partial charge on any atom is 0.215 e. The quantitative estimate of drug-likeness (QED) is 0.784. The van der Waals surface area contributed by atoms with Gasteiger partial charge in [-0.1, -0.05) is 13.8 Å². The average Bonchev–Trinajstić information content (AvgIpc) is 2.60. The van der Waals surface area contributed by atoms with Crippen LogP contribution in [-0.2, 0) is 14.8 Å². The molecule has 0 radical (unpaired) electrons. The van der Waals surface area contributed by atoms with E-state index in [0.717, 1.165) is 12.8 Å². The summed E-state index contributed by atoms with van der Waals surface area (Å²) in [5.74, 6) is 0.505. The van der Waals surface area contributed by atoms with E-state index in [-0.39, 0.29) is 29.0 Å². The third-order valence-corrected chi connectivity index (χ3v) is 8.25. The summed E-state index contributed by atoms with van der Waals surface area (Å²) in [6.45, 7) is 11.8. The fourth-order valence-corrected chi connectivity index (χ4v) is 7.47. The molecule has 2 atom stereocenters. The van der Waals surface area contributed by atoms with Gasteiger partial charge < -0.3 is 0 Å². The molecule has 2 rings (SSSR count). The molecule has 0 spiro atoms. The maximum absolute atomic E-state index is 13.0. The molecule has 4 nitrogen and oxygen atoms in total. The Morgan fingerprint density at radius 1 is 1.19 bits per heavy atom. The van der Waals surface area contributed by atoms with Crippen molar-refractivity contribution in [1.29, 1.82) is 0 Å². The van der Waals surface area contributed by atoms with Crippen molar-refractivity contribution >= 4 is 15.8 Å². The number of carbonyl (C=O) groups is 1. The molecule has 0 aromatic rings.